The summed E-state index contributed by atoms with van der Waals surface area (Å²) in [4.78, 5) is 35.4. The van der Waals surface area contributed by atoms with E-state index in [0.717, 1.165) is 0 Å². The van der Waals surface area contributed by atoms with Crippen molar-refractivity contribution in [1.82, 2.24) is 24.9 Å². The molecule has 2 N–H and O–H groups in total. The molecule has 14 heteroatoms. The van der Waals surface area contributed by atoms with Crippen molar-refractivity contribution < 1.29 is 32.9 Å². The first-order valence-electron chi connectivity index (χ1n) is 13.5. The van der Waals surface area contributed by atoms with Gasteiger partial charge >= 0.3 is 5.97 Å². The van der Waals surface area contributed by atoms with Crippen molar-refractivity contribution in [2.24, 2.45) is 0 Å². The summed E-state index contributed by atoms with van der Waals surface area (Å²) in [5.41, 5.74) is 1.38. The fourth-order valence-electron chi connectivity index (χ4n) is 5.54. The van der Waals surface area contributed by atoms with E-state index in [0.29, 0.717) is 49.2 Å². The van der Waals surface area contributed by atoms with Gasteiger partial charge in [0.1, 0.15) is 23.4 Å². The molecule has 0 aliphatic carbocycles. The lowest BCUT2D eigenvalue weighted by atomic mass is 9.90. The molecule has 0 radical (unpaired) electrons. The van der Waals surface area contributed by atoms with Crippen LogP contribution in [0.5, 0.6) is 5.88 Å². The predicted molar refractivity (Wildman–Crippen MR) is 145 cm³/mol. The zero-order valence-electron chi connectivity index (χ0n) is 23.0. The summed E-state index contributed by atoms with van der Waals surface area (Å²) in [6, 6.07) is 4.04. The molecule has 6 rings (SSSR count). The molecule has 0 unspecified atom stereocenters. The van der Waals surface area contributed by atoms with Crippen molar-refractivity contribution in [3.63, 3.8) is 0 Å². The van der Waals surface area contributed by atoms with Crippen LogP contribution in [0.25, 0.3) is 11.5 Å². The average Bonchev–Trinajstić information content (AvgIpc) is 3.64. The van der Waals surface area contributed by atoms with Crippen LogP contribution in [0.1, 0.15) is 38.1 Å². The number of rotatable bonds is 7. The summed E-state index contributed by atoms with van der Waals surface area (Å²) < 4.78 is 45.4. The van der Waals surface area contributed by atoms with E-state index in [9.17, 15) is 18.7 Å². The molecule has 6 heterocycles. The minimum atomic E-state index is -2.98. The molecule has 3 aliphatic rings. The van der Waals surface area contributed by atoms with Gasteiger partial charge < -0.3 is 34.1 Å². The average molecular weight is 582 g/mol. The number of aliphatic carboxylic acids is 1. The summed E-state index contributed by atoms with van der Waals surface area (Å²) in [6.07, 6.45) is -0.365. The third-order valence-corrected chi connectivity index (χ3v) is 7.81. The number of anilines is 2. The number of hydrogen-bond acceptors (Lipinski definition) is 10. The summed E-state index contributed by atoms with van der Waals surface area (Å²) in [7, 11) is 0. The number of halogens is 2. The van der Waals surface area contributed by atoms with Crippen molar-refractivity contribution in [2.75, 3.05) is 42.7 Å². The predicted octanol–water partition coefficient (Wildman–Crippen LogP) is 2.68. The minimum Gasteiger partial charge on any atom is -0.480 e. The third-order valence-electron chi connectivity index (χ3n) is 7.81. The van der Waals surface area contributed by atoms with Gasteiger partial charge in [-0.1, -0.05) is 5.92 Å². The second kappa shape index (κ2) is 11.1. The first-order valence-corrected chi connectivity index (χ1v) is 13.5. The normalized spacial score (nSPS) is 23.0. The lowest BCUT2D eigenvalue weighted by Gasteiger charge is -2.53. The second-order valence-electron chi connectivity index (χ2n) is 10.4. The summed E-state index contributed by atoms with van der Waals surface area (Å²) >= 11 is 0. The van der Waals surface area contributed by atoms with Gasteiger partial charge in [0.25, 0.3) is 6.43 Å². The number of aromatic nitrogens is 5. The van der Waals surface area contributed by atoms with Crippen LogP contribution < -0.4 is 14.5 Å². The monoisotopic (exact) mass is 581 g/mol. The van der Waals surface area contributed by atoms with Gasteiger partial charge in [-0.25, -0.2) is 23.5 Å². The Morgan fingerprint density at radius 3 is 2.79 bits per heavy atom. The zero-order valence-corrected chi connectivity index (χ0v) is 23.0. The van der Waals surface area contributed by atoms with Gasteiger partial charge in [0, 0.05) is 30.9 Å². The molecule has 12 nitrogen and oxygen atoms in total. The Morgan fingerprint density at radius 2 is 2.12 bits per heavy atom. The van der Waals surface area contributed by atoms with E-state index in [4.69, 9.17) is 14.2 Å². The number of aromatic amines is 1. The van der Waals surface area contributed by atoms with E-state index in [1.54, 1.807) is 31.5 Å². The molecule has 3 fully saturated rings. The Bertz CT molecular complexity index is 1520. The van der Waals surface area contributed by atoms with E-state index in [1.165, 1.54) is 4.90 Å². The van der Waals surface area contributed by atoms with E-state index < -0.39 is 36.0 Å². The number of carboxylic acid groups (broad SMARTS) is 1. The van der Waals surface area contributed by atoms with Crippen LogP contribution in [0.3, 0.4) is 0 Å². The number of alkyl halides is 2. The number of nitrogens with zero attached hydrogens (tertiary/aromatic N) is 6. The number of carboxylic acids is 1. The molecule has 3 atom stereocenters. The maximum atomic E-state index is 13.7. The van der Waals surface area contributed by atoms with Crippen LogP contribution in [0.15, 0.2) is 30.6 Å². The zero-order chi connectivity index (χ0) is 29.4. The van der Waals surface area contributed by atoms with E-state index in [-0.39, 0.29) is 30.8 Å². The molecule has 220 valence electrons. The summed E-state index contributed by atoms with van der Waals surface area (Å²) in [5.74, 6) is 4.15. The Morgan fingerprint density at radius 1 is 1.29 bits per heavy atom. The highest BCUT2D eigenvalue weighted by Gasteiger charge is 2.50. The maximum Gasteiger partial charge on any atom is 0.326 e. The molecule has 0 amide bonds. The summed E-state index contributed by atoms with van der Waals surface area (Å²) in [6.45, 7) is 5.87. The molecule has 42 heavy (non-hydrogen) atoms. The van der Waals surface area contributed by atoms with Gasteiger partial charge in [-0.3, -0.25) is 0 Å². The van der Waals surface area contributed by atoms with Gasteiger partial charge in [-0.15, -0.1) is 5.92 Å². The van der Waals surface area contributed by atoms with E-state index in [1.807, 2.05) is 6.07 Å². The molecular weight excluding hydrogens is 552 g/mol. The van der Waals surface area contributed by atoms with Gasteiger partial charge in [0.15, 0.2) is 5.82 Å². The van der Waals surface area contributed by atoms with E-state index in [2.05, 4.69) is 48.6 Å². The third kappa shape index (κ3) is 5.10. The number of carbonyl (C=O) groups is 1. The number of H-pyrrole nitrogens is 1. The molecule has 3 aromatic heterocycles. The molecule has 3 aromatic rings. The summed E-state index contributed by atoms with van der Waals surface area (Å²) in [5, 5.41) is 10.1. The molecule has 0 aromatic carbocycles. The number of nitrogens with one attached hydrogen (secondary N) is 1. The molecular formula is C28H29F2N7O5. The molecule has 0 saturated carbocycles. The first kappa shape index (κ1) is 27.8. The van der Waals surface area contributed by atoms with Crippen LogP contribution in [0, 0.1) is 11.8 Å². The van der Waals surface area contributed by atoms with Crippen LogP contribution >= 0.6 is 0 Å². The molecule has 3 aliphatic heterocycles. The lowest BCUT2D eigenvalue weighted by molar-refractivity contribution is -0.228. The quantitative estimate of drug-likeness (QED) is 0.398. The van der Waals surface area contributed by atoms with Gasteiger partial charge in [0.05, 0.1) is 38.1 Å². The second-order valence-corrected chi connectivity index (χ2v) is 10.4. The van der Waals surface area contributed by atoms with Gasteiger partial charge in [-0.05, 0) is 32.0 Å². The maximum absolute atomic E-state index is 13.7. The fourth-order valence-corrected chi connectivity index (χ4v) is 5.54. The first-order chi connectivity index (χ1) is 20.3. The standard InChI is InChI=1S/C28H29F2N7O5/c1-3-5-17-10-20(36-8-9-41-28(16(36)2)14-40-15-28)25(32-12-17)42-18-11-21(26(38)39)37(13-18)27-34-23(19-6-4-7-31-19)33-24(35-27)22(29)30/h4,6-7,10,12,16,18,21-22,31H,8-9,11,13-15H2,1-2H3,(H,38,39)/t16-,18-,21-/m0/s1. The largest absolute Gasteiger partial charge is 0.480 e. The highest BCUT2D eigenvalue weighted by atomic mass is 19.3. The van der Waals surface area contributed by atoms with Crippen molar-refractivity contribution >= 4 is 17.6 Å². The van der Waals surface area contributed by atoms with Crippen LogP contribution in [-0.4, -0.2) is 92.7 Å². The number of ether oxygens (including phenoxy) is 3. The number of pyridine rings is 1. The van der Waals surface area contributed by atoms with E-state index >= 15 is 0 Å². The smallest absolute Gasteiger partial charge is 0.326 e. The Balaban J connectivity index is 1.31. The van der Waals surface area contributed by atoms with Crippen molar-refractivity contribution in [1.29, 1.82) is 0 Å². The lowest BCUT2D eigenvalue weighted by Crippen LogP contribution is -2.68. The minimum absolute atomic E-state index is 0.0133. The Hall–Kier alpha value is -4.35. The Labute approximate surface area is 240 Å². The highest BCUT2D eigenvalue weighted by Crippen LogP contribution is 2.39. The van der Waals surface area contributed by atoms with Crippen molar-refractivity contribution in [2.45, 2.75) is 50.5 Å². The topological polar surface area (TPSA) is 139 Å². The molecule has 3 saturated heterocycles. The van der Waals surface area contributed by atoms with Gasteiger partial charge in [-0.2, -0.15) is 9.97 Å². The highest BCUT2D eigenvalue weighted by molar-refractivity contribution is 5.78. The van der Waals surface area contributed by atoms with Crippen LogP contribution in [-0.2, 0) is 14.3 Å². The van der Waals surface area contributed by atoms with Crippen molar-refractivity contribution in [3.05, 3.63) is 42.0 Å². The van der Waals surface area contributed by atoms with Crippen LogP contribution in [0.2, 0.25) is 0 Å². The number of morpholine rings is 1. The molecule has 0 bridgehead atoms. The number of hydrogen-bond donors (Lipinski definition) is 2. The van der Waals surface area contributed by atoms with Crippen molar-refractivity contribution in [3.8, 4) is 29.2 Å². The van der Waals surface area contributed by atoms with Gasteiger partial charge in [0.2, 0.25) is 17.7 Å². The SMILES string of the molecule is CC#Cc1cnc(O[C@H]2C[C@@H](C(=O)O)N(c3nc(-c4ccc[nH]4)nc(C(F)F)n3)C2)c(N2CCOC3(COC3)[C@@H]2C)c1. The fraction of sp³-hybridized carbons (Fsp3) is 0.464. The molecule has 1 spiro atoms. The van der Waals surface area contributed by atoms with Crippen LogP contribution in [0.4, 0.5) is 20.4 Å². The Kier molecular flexibility index (Phi) is 7.38.